The van der Waals surface area contributed by atoms with Gasteiger partial charge in [-0.1, -0.05) is 42.5 Å². The van der Waals surface area contributed by atoms with E-state index in [2.05, 4.69) is 10.3 Å². The summed E-state index contributed by atoms with van der Waals surface area (Å²) >= 11 is 0. The summed E-state index contributed by atoms with van der Waals surface area (Å²) in [6.07, 6.45) is 5.15. The molecule has 1 aliphatic carbocycles. The van der Waals surface area contributed by atoms with Gasteiger partial charge >= 0.3 is 0 Å². The second-order valence-electron chi connectivity index (χ2n) is 10.5. The summed E-state index contributed by atoms with van der Waals surface area (Å²) in [7, 11) is -3.97. The van der Waals surface area contributed by atoms with Gasteiger partial charge in [-0.15, -0.1) is 0 Å². The van der Waals surface area contributed by atoms with E-state index in [1.165, 1.54) is 19.1 Å². The summed E-state index contributed by atoms with van der Waals surface area (Å²) in [5, 5.41) is 12.0. The molecule has 3 aromatic carbocycles. The number of aliphatic hydroxyl groups excluding tert-OH is 1. The first-order valence-electron chi connectivity index (χ1n) is 13.8. The maximum absolute atomic E-state index is 13.5. The monoisotopic (exact) mass is 587 g/mol. The molecule has 218 valence electrons. The van der Waals surface area contributed by atoms with E-state index in [9.17, 15) is 23.1 Å². The number of carbonyl (C=O) groups is 2. The predicted octanol–water partition coefficient (Wildman–Crippen LogP) is 4.03. The van der Waals surface area contributed by atoms with Crippen LogP contribution in [0.15, 0.2) is 96.4 Å². The summed E-state index contributed by atoms with van der Waals surface area (Å²) in [6, 6.07) is 21.1. The number of hydrogen-bond donors (Lipinski definition) is 2. The first kappa shape index (κ1) is 29.2. The molecule has 0 radical (unpaired) electrons. The van der Waals surface area contributed by atoms with Crippen LogP contribution in [0.25, 0.3) is 0 Å². The molecule has 2 N–H and O–H groups in total. The Morgan fingerprint density at radius 2 is 1.88 bits per heavy atom. The maximum atomic E-state index is 13.5. The minimum absolute atomic E-state index is 0.00716. The third kappa shape index (κ3) is 6.78. The fourth-order valence-corrected chi connectivity index (χ4v) is 6.98. The van der Waals surface area contributed by atoms with E-state index in [1.54, 1.807) is 36.8 Å². The van der Waals surface area contributed by atoms with Crippen LogP contribution in [0.1, 0.15) is 51.3 Å². The number of hydrogen-bond acceptors (Lipinski definition) is 7. The first-order chi connectivity index (χ1) is 20.2. The number of aromatic nitrogens is 2. The number of carbonyl (C=O) groups excluding carboxylic acids is 2. The van der Waals surface area contributed by atoms with Crippen LogP contribution >= 0.6 is 0 Å². The standard InChI is InChI=1S/C32H33N3O6S/c1-22(36)18-34-32(38)28-9-5-6-10-30(28)42(39,40)20-25-12-11-24-17-26(13-14-27(24)31(25)37)41-29(19-35-16-15-33-21-35)23-7-3-2-4-8-23/h2-10,13-17,21-22,25,29,36H,11-12,18-20H2,1H3,(H,34,38). The molecule has 3 unspecified atom stereocenters. The Bertz CT molecular complexity index is 1650. The highest BCUT2D eigenvalue weighted by Crippen LogP contribution is 2.33. The van der Waals surface area contributed by atoms with Crippen molar-refractivity contribution in [2.75, 3.05) is 12.3 Å². The SMILES string of the molecule is CC(O)CNC(=O)c1ccccc1S(=O)(=O)CC1CCc2cc(OC(Cn3ccnc3)c3ccccc3)ccc2C1=O. The van der Waals surface area contributed by atoms with Gasteiger partial charge in [0.2, 0.25) is 0 Å². The summed E-state index contributed by atoms with van der Waals surface area (Å²) in [4.78, 5) is 30.1. The van der Waals surface area contributed by atoms with Crippen LogP contribution in [-0.2, 0) is 22.8 Å². The molecule has 0 spiro atoms. The van der Waals surface area contributed by atoms with Gasteiger partial charge in [0.25, 0.3) is 5.91 Å². The highest BCUT2D eigenvalue weighted by atomic mass is 32.2. The molecule has 1 heterocycles. The van der Waals surface area contributed by atoms with Crippen LogP contribution in [0, 0.1) is 5.92 Å². The molecule has 0 saturated heterocycles. The van der Waals surface area contributed by atoms with Gasteiger partial charge in [-0.05, 0) is 61.2 Å². The Balaban J connectivity index is 1.32. The fraction of sp³-hybridized carbons (Fsp3) is 0.281. The van der Waals surface area contributed by atoms with Gasteiger partial charge in [0, 0.05) is 30.4 Å². The molecule has 0 fully saturated rings. The molecule has 9 nitrogen and oxygen atoms in total. The van der Waals surface area contributed by atoms with Crippen LogP contribution < -0.4 is 10.1 Å². The lowest BCUT2D eigenvalue weighted by Crippen LogP contribution is -2.33. The second-order valence-corrected chi connectivity index (χ2v) is 12.5. The lowest BCUT2D eigenvalue weighted by atomic mass is 9.83. The molecule has 42 heavy (non-hydrogen) atoms. The average Bonchev–Trinajstić information content (AvgIpc) is 3.51. The predicted molar refractivity (Wildman–Crippen MR) is 157 cm³/mol. The van der Waals surface area contributed by atoms with Crippen molar-refractivity contribution in [1.29, 1.82) is 0 Å². The van der Waals surface area contributed by atoms with Gasteiger partial charge in [-0.25, -0.2) is 13.4 Å². The number of sulfone groups is 1. The molecular formula is C32H33N3O6S. The fourth-order valence-electron chi connectivity index (χ4n) is 5.17. The summed E-state index contributed by atoms with van der Waals surface area (Å²) in [5.41, 5.74) is 2.30. The number of aliphatic hydroxyl groups is 1. The van der Waals surface area contributed by atoms with Crippen LogP contribution in [-0.4, -0.2) is 53.2 Å². The van der Waals surface area contributed by atoms with Gasteiger partial charge in [-0.2, -0.15) is 0 Å². The van der Waals surface area contributed by atoms with E-state index in [0.29, 0.717) is 30.7 Å². The van der Waals surface area contributed by atoms with E-state index in [4.69, 9.17) is 4.74 Å². The van der Waals surface area contributed by atoms with Crippen molar-refractivity contribution in [3.8, 4) is 5.75 Å². The van der Waals surface area contributed by atoms with Gasteiger partial charge in [0.1, 0.15) is 11.9 Å². The lowest BCUT2D eigenvalue weighted by Gasteiger charge is -2.25. The summed E-state index contributed by atoms with van der Waals surface area (Å²) in [5.74, 6) is -1.34. The zero-order valence-electron chi connectivity index (χ0n) is 23.2. The minimum Gasteiger partial charge on any atom is -0.484 e. The highest BCUT2D eigenvalue weighted by Gasteiger charge is 2.34. The van der Waals surface area contributed by atoms with Crippen LogP contribution in [0.4, 0.5) is 0 Å². The Labute approximate surface area is 245 Å². The summed E-state index contributed by atoms with van der Waals surface area (Å²) < 4.78 is 35.3. The average molecular weight is 588 g/mol. The topological polar surface area (TPSA) is 128 Å². The van der Waals surface area contributed by atoms with Crippen molar-refractivity contribution in [2.24, 2.45) is 5.92 Å². The highest BCUT2D eigenvalue weighted by molar-refractivity contribution is 7.91. The number of rotatable bonds is 11. The second kappa shape index (κ2) is 12.7. The van der Waals surface area contributed by atoms with Gasteiger partial charge < -0.3 is 19.7 Å². The zero-order valence-corrected chi connectivity index (χ0v) is 24.0. The van der Waals surface area contributed by atoms with E-state index in [1.807, 2.05) is 47.2 Å². The minimum atomic E-state index is -3.97. The molecule has 1 aromatic heterocycles. The number of nitrogens with one attached hydrogen (secondary N) is 1. The Morgan fingerprint density at radius 3 is 2.62 bits per heavy atom. The number of benzene rings is 3. The molecule has 0 aliphatic heterocycles. The number of aryl methyl sites for hydroxylation is 1. The van der Waals surface area contributed by atoms with Gasteiger partial charge in [-0.3, -0.25) is 9.59 Å². The number of Topliss-reactive ketones (excluding diaryl/α,β-unsaturated/α-hetero) is 1. The Hall–Kier alpha value is -4.28. The molecule has 4 aromatic rings. The summed E-state index contributed by atoms with van der Waals surface area (Å²) in [6.45, 7) is 2.07. The largest absolute Gasteiger partial charge is 0.484 e. The van der Waals surface area contributed by atoms with Crippen molar-refractivity contribution < 1.29 is 27.9 Å². The Morgan fingerprint density at radius 1 is 1.12 bits per heavy atom. The number of ether oxygens (including phenoxy) is 1. The number of imidazole rings is 1. The third-order valence-corrected chi connectivity index (χ3v) is 9.17. The molecule has 0 saturated carbocycles. The molecule has 10 heteroatoms. The maximum Gasteiger partial charge on any atom is 0.252 e. The molecule has 5 rings (SSSR count). The zero-order chi connectivity index (χ0) is 29.7. The van der Waals surface area contributed by atoms with Gasteiger partial charge in [0.05, 0.1) is 35.2 Å². The quantitative estimate of drug-likeness (QED) is 0.271. The van der Waals surface area contributed by atoms with Crippen LogP contribution in [0.2, 0.25) is 0 Å². The van der Waals surface area contributed by atoms with Crippen LogP contribution in [0.5, 0.6) is 5.75 Å². The number of nitrogens with zero attached hydrogens (tertiary/aromatic N) is 2. The van der Waals surface area contributed by atoms with Crippen LogP contribution in [0.3, 0.4) is 0 Å². The molecule has 3 atom stereocenters. The molecule has 0 bridgehead atoms. The molecule has 1 amide bonds. The number of amides is 1. The van der Waals surface area contributed by atoms with Gasteiger partial charge in [0.15, 0.2) is 15.6 Å². The number of fused-ring (bicyclic) bond motifs is 1. The lowest BCUT2D eigenvalue weighted by molar-refractivity contribution is 0.0912. The Kier molecular flexibility index (Phi) is 8.84. The van der Waals surface area contributed by atoms with Crippen molar-refractivity contribution >= 4 is 21.5 Å². The third-order valence-electron chi connectivity index (χ3n) is 7.31. The first-order valence-corrected chi connectivity index (χ1v) is 15.5. The smallest absolute Gasteiger partial charge is 0.252 e. The van der Waals surface area contributed by atoms with Crippen molar-refractivity contribution in [2.45, 2.75) is 43.4 Å². The van der Waals surface area contributed by atoms with E-state index < -0.39 is 33.5 Å². The van der Waals surface area contributed by atoms with Crippen molar-refractivity contribution in [3.05, 3.63) is 114 Å². The van der Waals surface area contributed by atoms with Crippen molar-refractivity contribution in [3.63, 3.8) is 0 Å². The molecule has 1 aliphatic rings. The van der Waals surface area contributed by atoms with E-state index >= 15 is 0 Å². The van der Waals surface area contributed by atoms with Crippen molar-refractivity contribution in [1.82, 2.24) is 14.9 Å². The number of ketones is 1. The molecular weight excluding hydrogens is 554 g/mol. The van der Waals surface area contributed by atoms with E-state index in [-0.39, 0.29) is 28.9 Å². The van der Waals surface area contributed by atoms with E-state index in [0.717, 1.165) is 11.1 Å². The normalized spacial score (nSPS) is 16.3.